The van der Waals surface area contributed by atoms with E-state index in [2.05, 4.69) is 5.32 Å². The number of benzene rings is 1. The summed E-state index contributed by atoms with van der Waals surface area (Å²) >= 11 is 7.40. The highest BCUT2D eigenvalue weighted by molar-refractivity contribution is 7.99. The monoisotopic (exact) mass is 288 g/mol. The molecule has 1 rings (SSSR count). The van der Waals surface area contributed by atoms with Crippen LogP contribution in [0.1, 0.15) is 12.8 Å². The molecule has 6 heteroatoms. The minimum atomic E-state index is -0.0615. The third-order valence-electron chi connectivity index (χ3n) is 2.22. The predicted octanol–water partition coefficient (Wildman–Crippen LogP) is 2.37. The molecular formula is C12H17ClN2O2S. The zero-order valence-corrected chi connectivity index (χ0v) is 11.6. The first-order chi connectivity index (χ1) is 8.63. The van der Waals surface area contributed by atoms with Crippen LogP contribution in [-0.2, 0) is 4.79 Å². The fourth-order valence-electron chi connectivity index (χ4n) is 1.36. The number of anilines is 2. The number of nitrogens with two attached hydrogens (primary N) is 1. The number of halogens is 1. The van der Waals surface area contributed by atoms with Crippen molar-refractivity contribution in [3.63, 3.8) is 0 Å². The van der Waals surface area contributed by atoms with Gasteiger partial charge in [-0.2, -0.15) is 11.8 Å². The summed E-state index contributed by atoms with van der Waals surface area (Å²) in [6.07, 6.45) is 1.23. The van der Waals surface area contributed by atoms with Gasteiger partial charge in [-0.25, -0.2) is 0 Å². The summed E-state index contributed by atoms with van der Waals surface area (Å²) in [4.78, 5) is 11.6. The SMILES string of the molecule is Nc1cc(Cl)ccc1NC(=O)CCCSCCO. The fraction of sp³-hybridized carbons (Fsp3) is 0.417. The fourth-order valence-corrected chi connectivity index (χ4v) is 2.22. The number of carbonyl (C=O) groups excluding carboxylic acids is 1. The van der Waals surface area contributed by atoms with E-state index in [0.717, 1.165) is 12.2 Å². The molecule has 4 nitrogen and oxygen atoms in total. The Hall–Kier alpha value is -0.910. The van der Waals surface area contributed by atoms with Crippen LogP contribution in [0.5, 0.6) is 0 Å². The Morgan fingerprint density at radius 3 is 2.89 bits per heavy atom. The average molecular weight is 289 g/mol. The summed E-state index contributed by atoms with van der Waals surface area (Å²) in [5, 5.41) is 11.9. The van der Waals surface area contributed by atoms with Crippen LogP contribution in [0.3, 0.4) is 0 Å². The van der Waals surface area contributed by atoms with Crippen molar-refractivity contribution in [2.45, 2.75) is 12.8 Å². The zero-order chi connectivity index (χ0) is 13.4. The van der Waals surface area contributed by atoms with Crippen molar-refractivity contribution in [1.82, 2.24) is 0 Å². The van der Waals surface area contributed by atoms with Crippen molar-refractivity contribution in [3.05, 3.63) is 23.2 Å². The molecule has 1 aromatic rings. The Morgan fingerprint density at radius 2 is 2.22 bits per heavy atom. The van der Waals surface area contributed by atoms with Crippen molar-refractivity contribution in [3.8, 4) is 0 Å². The third-order valence-corrected chi connectivity index (χ3v) is 3.50. The molecule has 0 unspecified atom stereocenters. The lowest BCUT2D eigenvalue weighted by Crippen LogP contribution is -2.12. The van der Waals surface area contributed by atoms with Crippen molar-refractivity contribution in [2.75, 3.05) is 29.2 Å². The maximum atomic E-state index is 11.6. The van der Waals surface area contributed by atoms with Gasteiger partial charge in [-0.3, -0.25) is 4.79 Å². The van der Waals surface area contributed by atoms with Crippen LogP contribution in [0.4, 0.5) is 11.4 Å². The summed E-state index contributed by atoms with van der Waals surface area (Å²) in [5.41, 5.74) is 6.79. The normalized spacial score (nSPS) is 10.3. The molecule has 100 valence electrons. The summed E-state index contributed by atoms with van der Waals surface area (Å²) < 4.78 is 0. The lowest BCUT2D eigenvalue weighted by Gasteiger charge is -2.08. The molecule has 0 radical (unpaired) electrons. The van der Waals surface area contributed by atoms with Gasteiger partial charge in [0.05, 0.1) is 18.0 Å². The number of hydrogen-bond donors (Lipinski definition) is 3. The summed E-state index contributed by atoms with van der Waals surface area (Å²) in [6, 6.07) is 4.98. The molecule has 0 aliphatic rings. The maximum Gasteiger partial charge on any atom is 0.224 e. The third kappa shape index (κ3) is 5.62. The van der Waals surface area contributed by atoms with Gasteiger partial charge in [-0.1, -0.05) is 11.6 Å². The van der Waals surface area contributed by atoms with Gasteiger partial charge in [0.25, 0.3) is 0 Å². The van der Waals surface area contributed by atoms with E-state index in [1.54, 1.807) is 30.0 Å². The van der Waals surface area contributed by atoms with Gasteiger partial charge in [-0.05, 0) is 30.4 Å². The standard InChI is InChI=1S/C12H17ClN2O2S/c13-9-3-4-11(10(14)8-9)15-12(17)2-1-6-18-7-5-16/h3-4,8,16H,1-2,5-7,14H2,(H,15,17). The Bertz CT molecular complexity index is 402. The highest BCUT2D eigenvalue weighted by atomic mass is 35.5. The van der Waals surface area contributed by atoms with Crippen molar-refractivity contribution >= 4 is 40.6 Å². The Morgan fingerprint density at radius 1 is 1.44 bits per heavy atom. The average Bonchev–Trinajstić information content (AvgIpc) is 2.32. The van der Waals surface area contributed by atoms with E-state index < -0.39 is 0 Å². The highest BCUT2D eigenvalue weighted by Gasteiger charge is 2.05. The number of aliphatic hydroxyl groups excluding tert-OH is 1. The molecule has 0 aromatic heterocycles. The van der Waals surface area contributed by atoms with Gasteiger partial charge < -0.3 is 16.2 Å². The second-order valence-electron chi connectivity index (χ2n) is 3.72. The highest BCUT2D eigenvalue weighted by Crippen LogP contribution is 2.22. The number of carbonyl (C=O) groups is 1. The molecule has 0 aliphatic heterocycles. The summed E-state index contributed by atoms with van der Waals surface area (Å²) in [6.45, 7) is 0.179. The first kappa shape index (κ1) is 15.1. The van der Waals surface area contributed by atoms with Crippen LogP contribution in [0.25, 0.3) is 0 Å². The smallest absolute Gasteiger partial charge is 0.224 e. The predicted molar refractivity (Wildman–Crippen MR) is 78.1 cm³/mol. The molecule has 0 spiro atoms. The van der Waals surface area contributed by atoms with Crippen molar-refractivity contribution < 1.29 is 9.90 Å². The number of amides is 1. The topological polar surface area (TPSA) is 75.3 Å². The minimum absolute atomic E-state index is 0.0615. The van der Waals surface area contributed by atoms with Crippen LogP contribution in [0.2, 0.25) is 5.02 Å². The first-order valence-electron chi connectivity index (χ1n) is 5.67. The second kappa shape index (κ2) is 8.24. The van der Waals surface area contributed by atoms with Crippen LogP contribution in [-0.4, -0.2) is 29.1 Å². The molecule has 0 atom stereocenters. The molecule has 0 bridgehead atoms. The molecule has 0 saturated carbocycles. The van der Waals surface area contributed by atoms with E-state index in [4.69, 9.17) is 22.4 Å². The molecule has 18 heavy (non-hydrogen) atoms. The number of hydrogen-bond acceptors (Lipinski definition) is 4. The van der Waals surface area contributed by atoms with Crippen LogP contribution in [0.15, 0.2) is 18.2 Å². The molecule has 4 N–H and O–H groups in total. The van der Waals surface area contributed by atoms with Gasteiger partial charge in [-0.15, -0.1) is 0 Å². The summed E-state index contributed by atoms with van der Waals surface area (Å²) in [7, 11) is 0. The van der Waals surface area contributed by atoms with E-state index in [-0.39, 0.29) is 12.5 Å². The van der Waals surface area contributed by atoms with E-state index >= 15 is 0 Å². The largest absolute Gasteiger partial charge is 0.397 e. The van der Waals surface area contributed by atoms with Crippen molar-refractivity contribution in [2.24, 2.45) is 0 Å². The molecule has 0 aliphatic carbocycles. The Balaban J connectivity index is 2.31. The lowest BCUT2D eigenvalue weighted by atomic mass is 10.2. The Labute approximate surface area is 116 Å². The maximum absolute atomic E-state index is 11.6. The molecule has 0 heterocycles. The van der Waals surface area contributed by atoms with Gasteiger partial charge in [0.2, 0.25) is 5.91 Å². The van der Waals surface area contributed by atoms with Gasteiger partial charge >= 0.3 is 0 Å². The number of nitrogens with one attached hydrogen (secondary N) is 1. The Kier molecular flexibility index (Phi) is 6.93. The molecule has 1 amide bonds. The van der Waals surface area contributed by atoms with Crippen LogP contribution in [0, 0.1) is 0 Å². The van der Waals surface area contributed by atoms with Crippen LogP contribution >= 0.6 is 23.4 Å². The molecule has 0 fully saturated rings. The first-order valence-corrected chi connectivity index (χ1v) is 7.20. The van der Waals surface area contributed by atoms with E-state index in [9.17, 15) is 4.79 Å². The zero-order valence-electron chi connectivity index (χ0n) is 9.99. The van der Waals surface area contributed by atoms with Gasteiger partial charge in [0.1, 0.15) is 0 Å². The lowest BCUT2D eigenvalue weighted by molar-refractivity contribution is -0.116. The number of aliphatic hydroxyl groups is 1. The van der Waals surface area contributed by atoms with Gasteiger partial charge in [0, 0.05) is 17.2 Å². The van der Waals surface area contributed by atoms with Gasteiger partial charge in [0.15, 0.2) is 0 Å². The summed E-state index contributed by atoms with van der Waals surface area (Å²) in [5.74, 6) is 1.52. The van der Waals surface area contributed by atoms with E-state index in [0.29, 0.717) is 28.6 Å². The van der Waals surface area contributed by atoms with Crippen molar-refractivity contribution in [1.29, 1.82) is 0 Å². The number of nitrogen functional groups attached to an aromatic ring is 1. The van der Waals surface area contributed by atoms with E-state index in [1.165, 1.54) is 0 Å². The van der Waals surface area contributed by atoms with E-state index in [1.807, 2.05) is 0 Å². The number of thioether (sulfide) groups is 1. The molecule has 0 saturated heterocycles. The number of rotatable bonds is 7. The minimum Gasteiger partial charge on any atom is -0.397 e. The second-order valence-corrected chi connectivity index (χ2v) is 5.38. The molecular weight excluding hydrogens is 272 g/mol. The van der Waals surface area contributed by atoms with Crippen LogP contribution < -0.4 is 11.1 Å². The quantitative estimate of drug-likeness (QED) is 0.532. The molecule has 1 aromatic carbocycles.